The van der Waals surface area contributed by atoms with Crippen LogP contribution in [0.2, 0.25) is 0 Å². The standard InChI is InChI=1S/C14H23NS/c1-11-4-3-5-13(8-11)9-15-10-14-12(2)6-7-16-14/h6-7,11,13,15H,3-5,8-10H2,1-2H3. The minimum absolute atomic E-state index is 0.920. The fraction of sp³-hybridized carbons (Fsp3) is 0.714. The van der Waals surface area contributed by atoms with Crippen LogP contribution < -0.4 is 5.32 Å². The SMILES string of the molecule is Cc1ccsc1CNCC1CCCC(C)C1. The maximum atomic E-state index is 3.63. The molecule has 0 radical (unpaired) electrons. The lowest BCUT2D eigenvalue weighted by Crippen LogP contribution is -2.26. The topological polar surface area (TPSA) is 12.0 Å². The third-order valence-corrected chi connectivity index (χ3v) is 4.75. The Kier molecular flexibility index (Phi) is 4.42. The molecule has 2 atom stereocenters. The van der Waals surface area contributed by atoms with Gasteiger partial charge in [0.05, 0.1) is 0 Å². The van der Waals surface area contributed by atoms with Gasteiger partial charge in [-0.2, -0.15) is 0 Å². The third-order valence-electron chi connectivity index (χ3n) is 3.73. The highest BCUT2D eigenvalue weighted by Crippen LogP contribution is 2.28. The van der Waals surface area contributed by atoms with Crippen LogP contribution in [0.1, 0.15) is 43.0 Å². The van der Waals surface area contributed by atoms with Crippen molar-refractivity contribution in [1.82, 2.24) is 5.32 Å². The van der Waals surface area contributed by atoms with Gasteiger partial charge in [0, 0.05) is 11.4 Å². The Morgan fingerprint density at radius 1 is 1.44 bits per heavy atom. The fourth-order valence-corrected chi connectivity index (χ4v) is 3.60. The molecule has 0 saturated heterocycles. The van der Waals surface area contributed by atoms with Crippen LogP contribution in [-0.4, -0.2) is 6.54 Å². The van der Waals surface area contributed by atoms with Gasteiger partial charge in [0.2, 0.25) is 0 Å². The van der Waals surface area contributed by atoms with Gasteiger partial charge in [-0.15, -0.1) is 11.3 Å². The lowest BCUT2D eigenvalue weighted by molar-refractivity contribution is 0.274. The first-order valence-corrected chi connectivity index (χ1v) is 7.37. The molecule has 1 aromatic rings. The quantitative estimate of drug-likeness (QED) is 0.835. The van der Waals surface area contributed by atoms with Crippen LogP contribution in [0.4, 0.5) is 0 Å². The van der Waals surface area contributed by atoms with E-state index in [1.165, 1.54) is 42.7 Å². The van der Waals surface area contributed by atoms with Crippen molar-refractivity contribution >= 4 is 11.3 Å². The van der Waals surface area contributed by atoms with E-state index in [0.29, 0.717) is 0 Å². The van der Waals surface area contributed by atoms with E-state index in [2.05, 4.69) is 30.6 Å². The van der Waals surface area contributed by atoms with Gasteiger partial charge in [-0.25, -0.2) is 0 Å². The molecule has 1 aliphatic rings. The van der Waals surface area contributed by atoms with Gasteiger partial charge in [-0.05, 0) is 55.2 Å². The van der Waals surface area contributed by atoms with Crippen LogP contribution in [0.15, 0.2) is 11.4 Å². The summed E-state index contributed by atoms with van der Waals surface area (Å²) in [5.41, 5.74) is 1.44. The van der Waals surface area contributed by atoms with Crippen molar-refractivity contribution in [2.24, 2.45) is 11.8 Å². The molecule has 2 heteroatoms. The van der Waals surface area contributed by atoms with E-state index < -0.39 is 0 Å². The molecule has 1 nitrogen and oxygen atoms in total. The molecule has 1 saturated carbocycles. The molecule has 16 heavy (non-hydrogen) atoms. The van der Waals surface area contributed by atoms with Gasteiger partial charge in [0.15, 0.2) is 0 Å². The first-order valence-electron chi connectivity index (χ1n) is 6.49. The number of rotatable bonds is 4. The van der Waals surface area contributed by atoms with E-state index in [9.17, 15) is 0 Å². The Morgan fingerprint density at radius 2 is 2.31 bits per heavy atom. The van der Waals surface area contributed by atoms with E-state index >= 15 is 0 Å². The summed E-state index contributed by atoms with van der Waals surface area (Å²) in [5.74, 6) is 1.87. The van der Waals surface area contributed by atoms with E-state index in [1.807, 2.05) is 11.3 Å². The van der Waals surface area contributed by atoms with E-state index in [0.717, 1.165) is 18.4 Å². The Labute approximate surface area is 103 Å². The Morgan fingerprint density at radius 3 is 3.00 bits per heavy atom. The Balaban J connectivity index is 1.70. The molecule has 90 valence electrons. The zero-order chi connectivity index (χ0) is 11.4. The minimum atomic E-state index is 0.920. The zero-order valence-electron chi connectivity index (χ0n) is 10.5. The summed E-state index contributed by atoms with van der Waals surface area (Å²) >= 11 is 1.87. The maximum Gasteiger partial charge on any atom is 0.0302 e. The second-order valence-electron chi connectivity index (χ2n) is 5.30. The molecule has 1 fully saturated rings. The summed E-state index contributed by atoms with van der Waals surface area (Å²) in [6, 6.07) is 2.21. The highest BCUT2D eigenvalue weighted by atomic mass is 32.1. The summed E-state index contributed by atoms with van der Waals surface area (Å²) in [6.45, 7) is 6.88. The highest BCUT2D eigenvalue weighted by Gasteiger charge is 2.18. The van der Waals surface area contributed by atoms with Gasteiger partial charge < -0.3 is 5.32 Å². The van der Waals surface area contributed by atoms with Gasteiger partial charge in [0.25, 0.3) is 0 Å². The summed E-state index contributed by atoms with van der Waals surface area (Å²) in [7, 11) is 0. The first-order chi connectivity index (χ1) is 7.75. The van der Waals surface area contributed by atoms with Crippen LogP contribution in [0, 0.1) is 18.8 Å². The normalized spacial score (nSPS) is 25.9. The van der Waals surface area contributed by atoms with E-state index in [4.69, 9.17) is 0 Å². The number of hydrogen-bond acceptors (Lipinski definition) is 2. The average Bonchev–Trinajstić information content (AvgIpc) is 2.65. The minimum Gasteiger partial charge on any atom is -0.312 e. The summed E-state index contributed by atoms with van der Waals surface area (Å²) in [5, 5.41) is 5.82. The van der Waals surface area contributed by atoms with Crippen molar-refractivity contribution in [3.8, 4) is 0 Å². The molecule has 1 aromatic heterocycles. The first kappa shape index (κ1) is 12.1. The summed E-state index contributed by atoms with van der Waals surface area (Å²) < 4.78 is 0. The maximum absolute atomic E-state index is 3.63. The molecule has 1 aliphatic carbocycles. The van der Waals surface area contributed by atoms with Crippen LogP contribution >= 0.6 is 11.3 Å². The molecule has 0 bridgehead atoms. The van der Waals surface area contributed by atoms with Crippen molar-refractivity contribution < 1.29 is 0 Å². The molecule has 0 aliphatic heterocycles. The molecule has 1 heterocycles. The van der Waals surface area contributed by atoms with Crippen molar-refractivity contribution in [1.29, 1.82) is 0 Å². The van der Waals surface area contributed by atoms with Crippen molar-refractivity contribution in [2.75, 3.05) is 6.54 Å². The molecule has 2 unspecified atom stereocenters. The zero-order valence-corrected chi connectivity index (χ0v) is 11.3. The van der Waals surface area contributed by atoms with Gasteiger partial charge in [0.1, 0.15) is 0 Å². The van der Waals surface area contributed by atoms with Crippen molar-refractivity contribution in [3.63, 3.8) is 0 Å². The monoisotopic (exact) mass is 237 g/mol. The van der Waals surface area contributed by atoms with Crippen LogP contribution in [0.3, 0.4) is 0 Å². The average molecular weight is 237 g/mol. The molecular formula is C14H23NS. The van der Waals surface area contributed by atoms with E-state index in [1.54, 1.807) is 0 Å². The van der Waals surface area contributed by atoms with Gasteiger partial charge in [-0.3, -0.25) is 0 Å². The molecule has 0 aromatic carbocycles. The molecule has 0 amide bonds. The highest BCUT2D eigenvalue weighted by molar-refractivity contribution is 7.10. The lowest BCUT2D eigenvalue weighted by Gasteiger charge is -2.26. The number of hydrogen-bond donors (Lipinski definition) is 1. The predicted octanol–water partition coefficient (Wildman–Crippen LogP) is 3.97. The molecule has 1 N–H and O–H groups in total. The molecule has 0 spiro atoms. The predicted molar refractivity (Wildman–Crippen MR) is 71.9 cm³/mol. The second kappa shape index (κ2) is 5.83. The van der Waals surface area contributed by atoms with E-state index in [-0.39, 0.29) is 0 Å². The second-order valence-corrected chi connectivity index (χ2v) is 6.30. The molecule has 2 rings (SSSR count). The number of nitrogens with one attached hydrogen (secondary N) is 1. The van der Waals surface area contributed by atoms with Gasteiger partial charge >= 0.3 is 0 Å². The number of aryl methyl sites for hydroxylation is 1. The fourth-order valence-electron chi connectivity index (χ4n) is 2.72. The van der Waals surface area contributed by atoms with Gasteiger partial charge in [-0.1, -0.05) is 19.8 Å². The third kappa shape index (κ3) is 3.33. The van der Waals surface area contributed by atoms with Crippen LogP contribution in [0.25, 0.3) is 0 Å². The summed E-state index contributed by atoms with van der Waals surface area (Å²) in [4.78, 5) is 1.50. The number of thiophene rings is 1. The molecular weight excluding hydrogens is 214 g/mol. The van der Waals surface area contributed by atoms with Crippen molar-refractivity contribution in [3.05, 3.63) is 21.9 Å². The van der Waals surface area contributed by atoms with Crippen LogP contribution in [0.5, 0.6) is 0 Å². The largest absolute Gasteiger partial charge is 0.312 e. The van der Waals surface area contributed by atoms with Crippen molar-refractivity contribution in [2.45, 2.75) is 46.1 Å². The van der Waals surface area contributed by atoms with Crippen LogP contribution in [-0.2, 0) is 6.54 Å². The Bertz CT molecular complexity index is 318. The lowest BCUT2D eigenvalue weighted by atomic mass is 9.82. The summed E-state index contributed by atoms with van der Waals surface area (Å²) in [6.07, 6.45) is 5.74. The Hall–Kier alpha value is -0.340. The smallest absolute Gasteiger partial charge is 0.0302 e.